The summed E-state index contributed by atoms with van der Waals surface area (Å²) in [5, 5.41) is 6.69. The van der Waals surface area contributed by atoms with E-state index in [1.807, 2.05) is 44.2 Å². The maximum Gasteiger partial charge on any atom is 0.242 e. The quantitative estimate of drug-likeness (QED) is 0.857. The van der Waals surface area contributed by atoms with Crippen LogP contribution in [-0.2, 0) is 16.0 Å². The Kier molecular flexibility index (Phi) is 5.68. The van der Waals surface area contributed by atoms with E-state index in [9.17, 15) is 9.59 Å². The molecule has 0 aliphatic carbocycles. The van der Waals surface area contributed by atoms with E-state index in [4.69, 9.17) is 0 Å². The van der Waals surface area contributed by atoms with Crippen LogP contribution in [0.3, 0.4) is 0 Å². The molecule has 0 aliphatic heterocycles. The topological polar surface area (TPSA) is 71.1 Å². The number of nitrogens with one attached hydrogen (secondary N) is 2. The van der Waals surface area contributed by atoms with Crippen molar-refractivity contribution in [1.29, 1.82) is 0 Å². The van der Waals surface area contributed by atoms with Gasteiger partial charge in [-0.3, -0.25) is 14.6 Å². The third kappa shape index (κ3) is 4.52. The Balaban J connectivity index is 1.98. The monoisotopic (exact) mass is 313 g/mol. The highest BCUT2D eigenvalue weighted by Gasteiger charge is 2.22. The SMILES string of the molecule is CC(=O)N[C@@H](C(=O)NCCc1cccc2cccnc12)C(C)C. The predicted molar refractivity (Wildman–Crippen MR) is 90.9 cm³/mol. The molecule has 0 saturated heterocycles. The molecular formula is C18H23N3O2. The second-order valence-electron chi connectivity index (χ2n) is 5.96. The van der Waals surface area contributed by atoms with Crippen molar-refractivity contribution in [3.63, 3.8) is 0 Å². The van der Waals surface area contributed by atoms with Crippen LogP contribution >= 0.6 is 0 Å². The summed E-state index contributed by atoms with van der Waals surface area (Å²) < 4.78 is 0. The van der Waals surface area contributed by atoms with Crippen LogP contribution in [-0.4, -0.2) is 29.4 Å². The summed E-state index contributed by atoms with van der Waals surface area (Å²) >= 11 is 0. The molecule has 0 aliphatic rings. The van der Waals surface area contributed by atoms with E-state index < -0.39 is 6.04 Å². The summed E-state index contributed by atoms with van der Waals surface area (Å²) in [6.07, 6.45) is 2.47. The molecule has 1 atom stereocenters. The third-order valence-electron chi connectivity index (χ3n) is 3.72. The van der Waals surface area contributed by atoms with E-state index >= 15 is 0 Å². The summed E-state index contributed by atoms with van der Waals surface area (Å²) in [5.74, 6) is -0.307. The minimum atomic E-state index is -0.502. The molecule has 5 nitrogen and oxygen atoms in total. The number of pyridine rings is 1. The second-order valence-corrected chi connectivity index (χ2v) is 5.96. The molecule has 0 saturated carbocycles. The van der Waals surface area contributed by atoms with Crippen molar-refractivity contribution in [1.82, 2.24) is 15.6 Å². The largest absolute Gasteiger partial charge is 0.354 e. The van der Waals surface area contributed by atoms with Gasteiger partial charge in [0.25, 0.3) is 0 Å². The number of rotatable bonds is 6. The van der Waals surface area contributed by atoms with E-state index in [2.05, 4.69) is 15.6 Å². The van der Waals surface area contributed by atoms with Gasteiger partial charge < -0.3 is 10.6 Å². The average molecular weight is 313 g/mol. The molecule has 1 heterocycles. The molecule has 5 heteroatoms. The van der Waals surface area contributed by atoms with Gasteiger partial charge in [0.1, 0.15) is 6.04 Å². The first-order valence-electron chi connectivity index (χ1n) is 7.86. The van der Waals surface area contributed by atoms with Crippen LogP contribution < -0.4 is 10.6 Å². The first-order chi connectivity index (χ1) is 11.0. The second kappa shape index (κ2) is 7.72. The Morgan fingerprint density at radius 1 is 1.17 bits per heavy atom. The fourth-order valence-electron chi connectivity index (χ4n) is 2.55. The van der Waals surface area contributed by atoms with Crippen LogP contribution in [0.2, 0.25) is 0 Å². The zero-order valence-corrected chi connectivity index (χ0v) is 13.8. The summed E-state index contributed by atoms with van der Waals surface area (Å²) in [6, 6.07) is 9.48. The number of hydrogen-bond acceptors (Lipinski definition) is 3. The van der Waals surface area contributed by atoms with Crippen LogP contribution in [0, 0.1) is 5.92 Å². The predicted octanol–water partition coefficient (Wildman–Crippen LogP) is 2.05. The summed E-state index contributed by atoms with van der Waals surface area (Å²) in [4.78, 5) is 27.8. The van der Waals surface area contributed by atoms with Gasteiger partial charge >= 0.3 is 0 Å². The van der Waals surface area contributed by atoms with Crippen molar-refractivity contribution in [2.75, 3.05) is 6.54 Å². The Morgan fingerprint density at radius 3 is 2.61 bits per heavy atom. The number of benzene rings is 1. The van der Waals surface area contributed by atoms with Gasteiger partial charge in [0.05, 0.1) is 5.52 Å². The molecule has 1 aromatic carbocycles. The van der Waals surface area contributed by atoms with Gasteiger partial charge in [-0.2, -0.15) is 0 Å². The van der Waals surface area contributed by atoms with Crippen molar-refractivity contribution < 1.29 is 9.59 Å². The smallest absolute Gasteiger partial charge is 0.242 e. The Morgan fingerprint density at radius 2 is 1.91 bits per heavy atom. The molecule has 122 valence electrons. The average Bonchev–Trinajstić information content (AvgIpc) is 2.52. The van der Waals surface area contributed by atoms with Gasteiger partial charge in [-0.15, -0.1) is 0 Å². The van der Waals surface area contributed by atoms with E-state index in [1.54, 1.807) is 6.20 Å². The zero-order chi connectivity index (χ0) is 16.8. The van der Waals surface area contributed by atoms with Gasteiger partial charge in [0.15, 0.2) is 0 Å². The Bertz CT molecular complexity index is 692. The number of aromatic nitrogens is 1. The number of amides is 2. The lowest BCUT2D eigenvalue weighted by Crippen LogP contribution is -2.49. The molecule has 2 N–H and O–H groups in total. The van der Waals surface area contributed by atoms with Gasteiger partial charge in [-0.05, 0) is 24.0 Å². The lowest BCUT2D eigenvalue weighted by molar-refractivity contribution is -0.129. The van der Waals surface area contributed by atoms with Gasteiger partial charge in [0, 0.05) is 25.1 Å². The molecule has 2 aromatic rings. The Labute approximate surface area is 136 Å². The van der Waals surface area contributed by atoms with Crippen molar-refractivity contribution in [3.05, 3.63) is 42.1 Å². The zero-order valence-electron chi connectivity index (χ0n) is 13.8. The molecule has 23 heavy (non-hydrogen) atoms. The summed E-state index contributed by atoms with van der Waals surface area (Å²) in [5.41, 5.74) is 2.07. The van der Waals surface area contributed by atoms with E-state index in [0.29, 0.717) is 13.0 Å². The fourth-order valence-corrected chi connectivity index (χ4v) is 2.55. The number of nitrogens with zero attached hydrogens (tertiary/aromatic N) is 1. The number of para-hydroxylation sites is 1. The third-order valence-corrected chi connectivity index (χ3v) is 3.72. The number of fused-ring (bicyclic) bond motifs is 1. The fraction of sp³-hybridized carbons (Fsp3) is 0.389. The van der Waals surface area contributed by atoms with Crippen LogP contribution in [0.25, 0.3) is 10.9 Å². The van der Waals surface area contributed by atoms with Crippen LogP contribution in [0.1, 0.15) is 26.3 Å². The van der Waals surface area contributed by atoms with E-state index in [1.165, 1.54) is 6.92 Å². The van der Waals surface area contributed by atoms with Gasteiger partial charge in [-0.25, -0.2) is 0 Å². The van der Waals surface area contributed by atoms with Gasteiger partial charge in [0.2, 0.25) is 11.8 Å². The molecule has 0 unspecified atom stereocenters. The number of carbonyl (C=O) groups excluding carboxylic acids is 2. The van der Waals surface area contributed by atoms with Crippen molar-refractivity contribution in [2.24, 2.45) is 5.92 Å². The maximum absolute atomic E-state index is 12.2. The summed E-state index contributed by atoms with van der Waals surface area (Å²) in [7, 11) is 0. The first kappa shape index (κ1) is 16.9. The van der Waals surface area contributed by atoms with E-state index in [0.717, 1.165) is 16.5 Å². The minimum absolute atomic E-state index is 0.0399. The molecule has 0 fully saturated rings. The highest BCUT2D eigenvalue weighted by molar-refractivity contribution is 5.87. The lowest BCUT2D eigenvalue weighted by atomic mass is 10.0. The normalized spacial score (nSPS) is 12.2. The molecule has 1 aromatic heterocycles. The minimum Gasteiger partial charge on any atom is -0.354 e. The van der Waals surface area contributed by atoms with Crippen LogP contribution in [0.15, 0.2) is 36.5 Å². The Hall–Kier alpha value is -2.43. The first-order valence-corrected chi connectivity index (χ1v) is 7.86. The standard InChI is InChI=1S/C18H23N3O2/c1-12(2)16(21-13(3)22)18(23)20-11-9-15-7-4-6-14-8-5-10-19-17(14)15/h4-8,10,12,16H,9,11H2,1-3H3,(H,20,23)(H,21,22)/t16-/m1/s1. The van der Waals surface area contributed by atoms with Crippen LogP contribution in [0.4, 0.5) is 0 Å². The molecular weight excluding hydrogens is 290 g/mol. The molecule has 2 amide bonds. The van der Waals surface area contributed by atoms with Crippen molar-refractivity contribution >= 4 is 22.7 Å². The van der Waals surface area contributed by atoms with Crippen LogP contribution in [0.5, 0.6) is 0 Å². The van der Waals surface area contributed by atoms with Crippen molar-refractivity contribution in [2.45, 2.75) is 33.2 Å². The van der Waals surface area contributed by atoms with E-state index in [-0.39, 0.29) is 17.7 Å². The van der Waals surface area contributed by atoms with Crippen molar-refractivity contribution in [3.8, 4) is 0 Å². The maximum atomic E-state index is 12.2. The highest BCUT2D eigenvalue weighted by Crippen LogP contribution is 2.16. The van der Waals surface area contributed by atoms with Gasteiger partial charge in [-0.1, -0.05) is 38.1 Å². The summed E-state index contributed by atoms with van der Waals surface area (Å²) in [6.45, 7) is 5.76. The highest BCUT2D eigenvalue weighted by atomic mass is 16.2. The lowest BCUT2D eigenvalue weighted by Gasteiger charge is -2.21. The molecule has 0 spiro atoms. The number of hydrogen-bond donors (Lipinski definition) is 2. The molecule has 0 bridgehead atoms. The number of carbonyl (C=O) groups is 2. The molecule has 0 radical (unpaired) electrons. The molecule has 2 rings (SSSR count).